The van der Waals surface area contributed by atoms with Crippen LogP contribution in [0.3, 0.4) is 0 Å². The van der Waals surface area contributed by atoms with E-state index in [4.69, 9.17) is 0 Å². The molecule has 0 atom stereocenters. The number of hydrogen-bond donors (Lipinski definition) is 3. The number of aromatic amines is 1. The second kappa shape index (κ2) is 6.71. The number of sulfonamides is 1. The first-order valence-electron chi connectivity index (χ1n) is 6.72. The third-order valence-electron chi connectivity index (χ3n) is 3.00. The number of nitrogens with one attached hydrogen (secondary N) is 3. The van der Waals surface area contributed by atoms with Crippen LogP contribution in [0.1, 0.15) is 16.8 Å². The van der Waals surface area contributed by atoms with Gasteiger partial charge in [0.1, 0.15) is 5.56 Å². The standard InChI is InChI=1S/C14H17N3O4S/c1-22(20,21)16-8-4-7-15-13(18)11-9-10-5-2-3-6-12(10)17-14(11)19/h2-3,5-6,9,16H,4,7-8H2,1H3,(H,15,18)(H,17,19). The molecule has 0 aliphatic carbocycles. The first-order chi connectivity index (χ1) is 10.4. The van der Waals surface area contributed by atoms with Crippen molar-refractivity contribution in [1.82, 2.24) is 15.0 Å². The Labute approximate surface area is 127 Å². The summed E-state index contributed by atoms with van der Waals surface area (Å²) in [7, 11) is -3.23. The van der Waals surface area contributed by atoms with Gasteiger partial charge in [0.25, 0.3) is 11.5 Å². The fraction of sp³-hybridized carbons (Fsp3) is 0.286. The van der Waals surface area contributed by atoms with Crippen molar-refractivity contribution in [3.05, 3.63) is 46.2 Å². The van der Waals surface area contributed by atoms with Crippen LogP contribution >= 0.6 is 0 Å². The van der Waals surface area contributed by atoms with Crippen molar-refractivity contribution in [3.63, 3.8) is 0 Å². The van der Waals surface area contributed by atoms with Gasteiger partial charge in [-0.05, 0) is 23.9 Å². The van der Waals surface area contributed by atoms with Crippen LogP contribution in [0.25, 0.3) is 10.9 Å². The highest BCUT2D eigenvalue weighted by Gasteiger charge is 2.11. The molecule has 1 amide bonds. The third kappa shape index (κ3) is 4.40. The summed E-state index contributed by atoms with van der Waals surface area (Å²) in [6, 6.07) is 8.72. The maximum atomic E-state index is 12.0. The number of hydrogen-bond acceptors (Lipinski definition) is 4. The second-order valence-electron chi connectivity index (χ2n) is 4.88. The summed E-state index contributed by atoms with van der Waals surface area (Å²) < 4.78 is 24.1. The van der Waals surface area contributed by atoms with Crippen molar-refractivity contribution in [2.45, 2.75) is 6.42 Å². The summed E-state index contributed by atoms with van der Waals surface area (Å²) in [4.78, 5) is 26.5. The summed E-state index contributed by atoms with van der Waals surface area (Å²) in [5, 5.41) is 3.37. The van der Waals surface area contributed by atoms with Gasteiger partial charge in [-0.2, -0.15) is 0 Å². The average molecular weight is 323 g/mol. The zero-order chi connectivity index (χ0) is 16.2. The molecule has 0 saturated carbocycles. The molecule has 0 spiro atoms. The van der Waals surface area contributed by atoms with E-state index in [2.05, 4.69) is 15.0 Å². The molecule has 2 rings (SSSR count). The van der Waals surface area contributed by atoms with Crippen LogP contribution in [-0.2, 0) is 10.0 Å². The van der Waals surface area contributed by atoms with Gasteiger partial charge in [-0.15, -0.1) is 0 Å². The van der Waals surface area contributed by atoms with E-state index in [1.165, 1.54) is 6.07 Å². The molecule has 1 aromatic carbocycles. The van der Waals surface area contributed by atoms with E-state index in [1.807, 2.05) is 6.07 Å². The van der Waals surface area contributed by atoms with E-state index in [1.54, 1.807) is 18.2 Å². The highest BCUT2D eigenvalue weighted by molar-refractivity contribution is 7.88. The quantitative estimate of drug-likeness (QED) is 0.660. The average Bonchev–Trinajstić information content (AvgIpc) is 2.44. The van der Waals surface area contributed by atoms with Crippen LogP contribution in [0, 0.1) is 0 Å². The molecule has 0 radical (unpaired) electrons. The summed E-state index contributed by atoms with van der Waals surface area (Å²) in [6.07, 6.45) is 1.50. The van der Waals surface area contributed by atoms with E-state index in [9.17, 15) is 18.0 Å². The molecule has 0 bridgehead atoms. The molecule has 0 fully saturated rings. The normalized spacial score (nSPS) is 11.5. The molecular weight excluding hydrogens is 306 g/mol. The van der Waals surface area contributed by atoms with Crippen molar-refractivity contribution in [2.24, 2.45) is 0 Å². The minimum Gasteiger partial charge on any atom is -0.352 e. The Hall–Kier alpha value is -2.19. The van der Waals surface area contributed by atoms with E-state index < -0.39 is 21.5 Å². The number of para-hydroxylation sites is 1. The zero-order valence-corrected chi connectivity index (χ0v) is 12.9. The molecule has 2 aromatic rings. The lowest BCUT2D eigenvalue weighted by atomic mass is 10.1. The Morgan fingerprint density at radius 1 is 1.23 bits per heavy atom. The molecule has 0 saturated heterocycles. The Morgan fingerprint density at radius 3 is 2.68 bits per heavy atom. The van der Waals surface area contributed by atoms with Crippen molar-refractivity contribution in [3.8, 4) is 0 Å². The zero-order valence-electron chi connectivity index (χ0n) is 12.0. The van der Waals surface area contributed by atoms with Gasteiger partial charge in [0, 0.05) is 18.6 Å². The highest BCUT2D eigenvalue weighted by atomic mass is 32.2. The van der Waals surface area contributed by atoms with Crippen LogP contribution in [0.15, 0.2) is 35.1 Å². The topological polar surface area (TPSA) is 108 Å². The minimum atomic E-state index is -3.23. The molecule has 7 nitrogen and oxygen atoms in total. The summed E-state index contributed by atoms with van der Waals surface area (Å²) in [5.74, 6) is -0.480. The first kappa shape index (κ1) is 16.2. The first-order valence-corrected chi connectivity index (χ1v) is 8.61. The molecule has 118 valence electrons. The number of aromatic nitrogens is 1. The number of carbonyl (C=O) groups excluding carboxylic acids is 1. The van der Waals surface area contributed by atoms with Crippen molar-refractivity contribution < 1.29 is 13.2 Å². The Bertz CT molecular complexity index is 843. The van der Waals surface area contributed by atoms with E-state index in [-0.39, 0.29) is 18.7 Å². The fourth-order valence-corrected chi connectivity index (χ4v) is 2.47. The Kier molecular flexibility index (Phi) is 4.94. The van der Waals surface area contributed by atoms with Gasteiger partial charge in [-0.25, -0.2) is 13.1 Å². The summed E-state index contributed by atoms with van der Waals surface area (Å²) in [5.41, 5.74) is 0.252. The number of amides is 1. The van der Waals surface area contributed by atoms with Crippen molar-refractivity contribution in [2.75, 3.05) is 19.3 Å². The molecule has 1 heterocycles. The molecule has 0 aliphatic heterocycles. The number of pyridine rings is 1. The maximum Gasteiger partial charge on any atom is 0.261 e. The lowest BCUT2D eigenvalue weighted by Crippen LogP contribution is -2.32. The van der Waals surface area contributed by atoms with Crippen LogP contribution < -0.4 is 15.6 Å². The molecule has 3 N–H and O–H groups in total. The van der Waals surface area contributed by atoms with Crippen molar-refractivity contribution >= 4 is 26.8 Å². The lowest BCUT2D eigenvalue weighted by molar-refractivity contribution is 0.0952. The maximum absolute atomic E-state index is 12.0. The Balaban J connectivity index is 1.98. The number of fused-ring (bicyclic) bond motifs is 1. The molecule has 1 aromatic heterocycles. The van der Waals surface area contributed by atoms with E-state index in [0.29, 0.717) is 11.9 Å². The predicted molar refractivity (Wildman–Crippen MR) is 84.4 cm³/mol. The minimum absolute atomic E-state index is 0.0368. The second-order valence-corrected chi connectivity index (χ2v) is 6.71. The van der Waals surface area contributed by atoms with Gasteiger partial charge < -0.3 is 10.3 Å². The van der Waals surface area contributed by atoms with Crippen molar-refractivity contribution in [1.29, 1.82) is 0 Å². The summed E-state index contributed by atoms with van der Waals surface area (Å²) >= 11 is 0. The van der Waals surface area contributed by atoms with Gasteiger partial charge in [0.15, 0.2) is 0 Å². The largest absolute Gasteiger partial charge is 0.352 e. The van der Waals surface area contributed by atoms with E-state index in [0.717, 1.165) is 11.6 Å². The molecule has 22 heavy (non-hydrogen) atoms. The third-order valence-corrected chi connectivity index (χ3v) is 3.73. The lowest BCUT2D eigenvalue weighted by Gasteiger charge is -2.06. The molecular formula is C14H17N3O4S. The fourth-order valence-electron chi connectivity index (χ4n) is 1.96. The van der Waals surface area contributed by atoms with Crippen LogP contribution in [0.4, 0.5) is 0 Å². The van der Waals surface area contributed by atoms with Gasteiger partial charge in [0.2, 0.25) is 10.0 Å². The predicted octanol–water partition coefficient (Wildman–Crippen LogP) is 0.197. The van der Waals surface area contributed by atoms with Gasteiger partial charge in [-0.3, -0.25) is 9.59 Å². The number of rotatable bonds is 6. The van der Waals surface area contributed by atoms with Gasteiger partial charge in [-0.1, -0.05) is 18.2 Å². The monoisotopic (exact) mass is 323 g/mol. The smallest absolute Gasteiger partial charge is 0.261 e. The SMILES string of the molecule is CS(=O)(=O)NCCCNC(=O)c1cc2ccccc2[nH]c1=O. The van der Waals surface area contributed by atoms with E-state index >= 15 is 0 Å². The van der Waals surface area contributed by atoms with Gasteiger partial charge >= 0.3 is 0 Å². The summed E-state index contributed by atoms with van der Waals surface area (Å²) in [6.45, 7) is 0.501. The van der Waals surface area contributed by atoms with Crippen LogP contribution in [0.5, 0.6) is 0 Å². The Morgan fingerprint density at radius 2 is 1.95 bits per heavy atom. The molecule has 0 aliphatic rings. The van der Waals surface area contributed by atoms with Crippen LogP contribution in [0.2, 0.25) is 0 Å². The molecule has 0 unspecified atom stereocenters. The number of benzene rings is 1. The molecule has 8 heteroatoms. The number of carbonyl (C=O) groups is 1. The highest BCUT2D eigenvalue weighted by Crippen LogP contribution is 2.09. The van der Waals surface area contributed by atoms with Crippen LogP contribution in [-0.4, -0.2) is 38.7 Å². The number of H-pyrrole nitrogens is 1. The van der Waals surface area contributed by atoms with Gasteiger partial charge in [0.05, 0.1) is 6.26 Å².